The number of hydrogen-bond donors (Lipinski definition) is 0. The van der Waals surface area contributed by atoms with E-state index in [0.717, 1.165) is 6.42 Å². The van der Waals surface area contributed by atoms with Gasteiger partial charge in [-0.25, -0.2) is 0 Å². The highest BCUT2D eigenvalue weighted by atomic mass is 31.1. The molecule has 0 aromatic rings. The minimum atomic E-state index is -1.86. The van der Waals surface area contributed by atoms with Crippen molar-refractivity contribution in [1.82, 2.24) is 0 Å². The van der Waals surface area contributed by atoms with Crippen LogP contribution < -0.4 is 0 Å². The second-order valence-corrected chi connectivity index (χ2v) is 5.49. The summed E-state index contributed by atoms with van der Waals surface area (Å²) in [5, 5.41) is 0. The molecular formula is C13H28O3P+. The molecule has 0 saturated carbocycles. The smallest absolute Gasteiger partial charge is 0.122 e. The summed E-state index contributed by atoms with van der Waals surface area (Å²) in [5.74, 6) is 0. The van der Waals surface area contributed by atoms with E-state index in [2.05, 4.69) is 11.4 Å². The fourth-order valence-electron chi connectivity index (χ4n) is 1.78. The molecule has 1 unspecified atom stereocenters. The molecule has 0 amide bonds. The molecule has 0 aromatic heterocycles. The molecule has 4 heteroatoms. The van der Waals surface area contributed by atoms with Crippen LogP contribution in [0.15, 0.2) is 0 Å². The lowest BCUT2D eigenvalue weighted by Crippen LogP contribution is -1.88. The summed E-state index contributed by atoms with van der Waals surface area (Å²) in [6.07, 6.45) is 13.0. The Balaban J connectivity index is 2.96. The Morgan fingerprint density at radius 1 is 0.824 bits per heavy atom. The summed E-state index contributed by atoms with van der Waals surface area (Å²) in [6, 6.07) is 0. The maximum Gasteiger partial charge on any atom is 0.697 e. The maximum absolute atomic E-state index is 10.8. The van der Waals surface area contributed by atoms with Gasteiger partial charge in [0.05, 0.1) is 7.11 Å². The summed E-state index contributed by atoms with van der Waals surface area (Å²) in [4.78, 5) is 0. The van der Waals surface area contributed by atoms with Crippen LogP contribution in [0.25, 0.3) is 0 Å². The van der Waals surface area contributed by atoms with Gasteiger partial charge in [0.2, 0.25) is 0 Å². The highest BCUT2D eigenvalue weighted by Crippen LogP contribution is 2.22. The van der Waals surface area contributed by atoms with Crippen molar-refractivity contribution in [3.63, 3.8) is 0 Å². The zero-order chi connectivity index (χ0) is 12.8. The monoisotopic (exact) mass is 263 g/mol. The van der Waals surface area contributed by atoms with Gasteiger partial charge in [-0.3, -0.25) is 0 Å². The van der Waals surface area contributed by atoms with Crippen molar-refractivity contribution in [2.45, 2.75) is 71.1 Å². The van der Waals surface area contributed by atoms with E-state index < -0.39 is 8.25 Å². The third-order valence-corrected chi connectivity index (χ3v) is 3.54. The lowest BCUT2D eigenvalue weighted by molar-refractivity contribution is 0.250. The molecule has 0 aliphatic rings. The summed E-state index contributed by atoms with van der Waals surface area (Å²) in [6.45, 7) is 2.80. The summed E-state index contributed by atoms with van der Waals surface area (Å²) >= 11 is 0. The molecule has 0 aliphatic heterocycles. The molecule has 0 heterocycles. The van der Waals surface area contributed by atoms with Crippen LogP contribution in [0.1, 0.15) is 71.1 Å². The first-order valence-electron chi connectivity index (χ1n) is 6.95. The quantitative estimate of drug-likeness (QED) is 0.337. The van der Waals surface area contributed by atoms with E-state index in [1.807, 2.05) is 0 Å². The van der Waals surface area contributed by atoms with Gasteiger partial charge < -0.3 is 0 Å². The van der Waals surface area contributed by atoms with Crippen LogP contribution in [-0.4, -0.2) is 13.7 Å². The predicted octanol–water partition coefficient (Wildman–Crippen LogP) is 5.23. The predicted molar refractivity (Wildman–Crippen MR) is 72.4 cm³/mol. The van der Waals surface area contributed by atoms with Gasteiger partial charge in [-0.1, -0.05) is 64.7 Å². The van der Waals surface area contributed by atoms with Crippen LogP contribution in [0.5, 0.6) is 0 Å². The lowest BCUT2D eigenvalue weighted by atomic mass is 10.1. The molecule has 0 saturated heterocycles. The molecular weight excluding hydrogens is 235 g/mol. The van der Waals surface area contributed by atoms with E-state index in [1.165, 1.54) is 64.9 Å². The Hall–Kier alpha value is 0.0200. The van der Waals surface area contributed by atoms with Crippen molar-refractivity contribution in [2.24, 2.45) is 0 Å². The SMILES string of the molecule is CCCCCCCCCCCCO[P+](=O)OC. The molecule has 0 bridgehead atoms. The first-order chi connectivity index (χ1) is 8.31. The zero-order valence-electron chi connectivity index (χ0n) is 11.5. The normalized spacial score (nSPS) is 11.8. The van der Waals surface area contributed by atoms with E-state index in [0.29, 0.717) is 6.61 Å². The standard InChI is InChI=1S/C13H28O3P/c1-3-4-5-6-7-8-9-10-11-12-13-16-17(14)15-2/h3-13H2,1-2H3/q+1. The zero-order valence-corrected chi connectivity index (χ0v) is 12.3. The van der Waals surface area contributed by atoms with Gasteiger partial charge in [0.25, 0.3) is 0 Å². The molecule has 0 aliphatic carbocycles. The van der Waals surface area contributed by atoms with Crippen molar-refractivity contribution in [3.05, 3.63) is 0 Å². The van der Waals surface area contributed by atoms with E-state index in [-0.39, 0.29) is 0 Å². The topological polar surface area (TPSA) is 35.5 Å². The second kappa shape index (κ2) is 14.1. The Morgan fingerprint density at radius 3 is 1.76 bits per heavy atom. The average molecular weight is 263 g/mol. The third kappa shape index (κ3) is 14.0. The minimum Gasteiger partial charge on any atom is -0.122 e. The van der Waals surface area contributed by atoms with Gasteiger partial charge in [0, 0.05) is 4.57 Å². The molecule has 0 N–H and O–H groups in total. The first kappa shape index (κ1) is 17.0. The molecule has 3 nitrogen and oxygen atoms in total. The largest absolute Gasteiger partial charge is 0.697 e. The maximum atomic E-state index is 10.8. The third-order valence-electron chi connectivity index (χ3n) is 2.84. The van der Waals surface area contributed by atoms with Gasteiger partial charge in [-0.2, -0.15) is 0 Å². The molecule has 0 fully saturated rings. The fourth-order valence-corrected chi connectivity index (χ4v) is 2.16. The highest BCUT2D eigenvalue weighted by molar-refractivity contribution is 7.33. The van der Waals surface area contributed by atoms with Crippen LogP contribution in [-0.2, 0) is 13.6 Å². The van der Waals surface area contributed by atoms with E-state index >= 15 is 0 Å². The van der Waals surface area contributed by atoms with Crippen LogP contribution in [0.3, 0.4) is 0 Å². The fraction of sp³-hybridized carbons (Fsp3) is 1.00. The molecule has 1 atom stereocenters. The lowest BCUT2D eigenvalue weighted by Gasteiger charge is -2.00. The molecule has 102 valence electrons. The Morgan fingerprint density at radius 2 is 1.29 bits per heavy atom. The van der Waals surface area contributed by atoms with Gasteiger partial charge in [-0.05, 0) is 6.42 Å². The average Bonchev–Trinajstić information content (AvgIpc) is 2.35. The van der Waals surface area contributed by atoms with Crippen molar-refractivity contribution < 1.29 is 13.6 Å². The Labute approximate surface area is 107 Å². The number of unbranched alkanes of at least 4 members (excludes halogenated alkanes) is 9. The molecule has 17 heavy (non-hydrogen) atoms. The van der Waals surface area contributed by atoms with E-state index in [9.17, 15) is 4.57 Å². The van der Waals surface area contributed by atoms with Crippen molar-refractivity contribution in [3.8, 4) is 0 Å². The Bertz CT molecular complexity index is 174. The Kier molecular flexibility index (Phi) is 14.1. The first-order valence-corrected chi connectivity index (χ1v) is 8.05. The highest BCUT2D eigenvalue weighted by Gasteiger charge is 2.15. The molecule has 0 rings (SSSR count). The summed E-state index contributed by atoms with van der Waals surface area (Å²) < 4.78 is 20.3. The van der Waals surface area contributed by atoms with Crippen molar-refractivity contribution in [1.29, 1.82) is 0 Å². The van der Waals surface area contributed by atoms with Crippen molar-refractivity contribution >= 4 is 8.25 Å². The van der Waals surface area contributed by atoms with Crippen LogP contribution in [0.2, 0.25) is 0 Å². The van der Waals surface area contributed by atoms with Crippen LogP contribution in [0.4, 0.5) is 0 Å². The molecule has 0 aromatic carbocycles. The van der Waals surface area contributed by atoms with Gasteiger partial charge in [0.1, 0.15) is 6.61 Å². The summed E-state index contributed by atoms with van der Waals surface area (Å²) in [5.41, 5.74) is 0. The minimum absolute atomic E-state index is 0.555. The molecule has 0 radical (unpaired) electrons. The van der Waals surface area contributed by atoms with E-state index in [4.69, 9.17) is 4.52 Å². The van der Waals surface area contributed by atoms with Crippen LogP contribution in [0, 0.1) is 0 Å². The van der Waals surface area contributed by atoms with E-state index in [1.54, 1.807) is 0 Å². The van der Waals surface area contributed by atoms with Gasteiger partial charge in [-0.15, -0.1) is 9.05 Å². The second-order valence-electron chi connectivity index (χ2n) is 4.42. The van der Waals surface area contributed by atoms with Crippen molar-refractivity contribution in [2.75, 3.05) is 13.7 Å². The van der Waals surface area contributed by atoms with Gasteiger partial charge >= 0.3 is 8.25 Å². The van der Waals surface area contributed by atoms with Gasteiger partial charge in [0.15, 0.2) is 0 Å². The van der Waals surface area contributed by atoms with Crippen LogP contribution >= 0.6 is 8.25 Å². The molecule has 0 spiro atoms. The number of hydrogen-bond acceptors (Lipinski definition) is 3. The summed E-state index contributed by atoms with van der Waals surface area (Å²) in [7, 11) is -0.465. The number of rotatable bonds is 13.